The van der Waals surface area contributed by atoms with Crippen LogP contribution >= 0.6 is 0 Å². The number of hydrogen-bond acceptors (Lipinski definition) is 3. The van der Waals surface area contributed by atoms with Crippen molar-refractivity contribution in [3.63, 3.8) is 0 Å². The highest BCUT2D eigenvalue weighted by molar-refractivity contribution is 6.00. The van der Waals surface area contributed by atoms with E-state index in [-0.39, 0.29) is 6.03 Å². The van der Waals surface area contributed by atoms with Gasteiger partial charge in [0, 0.05) is 31.0 Å². The Balaban J connectivity index is 1.62. The maximum atomic E-state index is 11.9. The molecule has 3 rings (SSSR count). The van der Waals surface area contributed by atoms with E-state index in [9.17, 15) is 4.79 Å². The molecule has 0 heterocycles. The van der Waals surface area contributed by atoms with E-state index in [1.165, 1.54) is 0 Å². The summed E-state index contributed by atoms with van der Waals surface area (Å²) in [5.74, 6) is 0. The van der Waals surface area contributed by atoms with Crippen molar-refractivity contribution in [2.24, 2.45) is 5.10 Å². The number of nitrogens with zero attached hydrogens (tertiary/aromatic N) is 2. The van der Waals surface area contributed by atoms with Gasteiger partial charge < -0.3 is 10.2 Å². The second-order valence-electron chi connectivity index (χ2n) is 5.83. The van der Waals surface area contributed by atoms with Crippen LogP contribution in [0.3, 0.4) is 0 Å². The van der Waals surface area contributed by atoms with Gasteiger partial charge in [-0.05, 0) is 35.0 Å². The third-order valence-electron chi connectivity index (χ3n) is 3.83. The molecule has 0 saturated carbocycles. The number of amides is 2. The summed E-state index contributed by atoms with van der Waals surface area (Å²) in [5, 5.41) is 9.02. The lowest BCUT2D eigenvalue weighted by atomic mass is 10.1. The Labute approximate surface area is 147 Å². The maximum absolute atomic E-state index is 11.9. The van der Waals surface area contributed by atoms with Crippen LogP contribution in [0.15, 0.2) is 71.8 Å². The molecule has 0 aliphatic heterocycles. The smallest absolute Gasteiger partial charge is 0.339 e. The first kappa shape index (κ1) is 16.5. The summed E-state index contributed by atoms with van der Waals surface area (Å²) >= 11 is 0. The second-order valence-corrected chi connectivity index (χ2v) is 5.83. The Bertz CT molecular complexity index is 896. The topological polar surface area (TPSA) is 56.7 Å². The number of anilines is 2. The van der Waals surface area contributed by atoms with Gasteiger partial charge in [0.1, 0.15) is 0 Å². The fourth-order valence-electron chi connectivity index (χ4n) is 2.53. The van der Waals surface area contributed by atoms with Crippen molar-refractivity contribution in [1.29, 1.82) is 0 Å². The van der Waals surface area contributed by atoms with Crippen LogP contribution in [0.5, 0.6) is 0 Å². The predicted molar refractivity (Wildman–Crippen MR) is 104 cm³/mol. The van der Waals surface area contributed by atoms with Crippen LogP contribution in [0.4, 0.5) is 16.2 Å². The molecule has 25 heavy (non-hydrogen) atoms. The van der Waals surface area contributed by atoms with E-state index >= 15 is 0 Å². The standard InChI is InChI=1S/C20H20N4O/c1-24(2)18-12-10-17(11-13-18)22-20(25)23-21-14-16-8-5-7-15-6-3-4-9-19(15)16/h3-14H,1-2H3,(H2,22,23,25)/b21-14+. The van der Waals surface area contributed by atoms with Crippen LogP contribution in [0.25, 0.3) is 10.8 Å². The molecule has 5 heteroatoms. The largest absolute Gasteiger partial charge is 0.378 e. The molecular weight excluding hydrogens is 312 g/mol. The van der Waals surface area contributed by atoms with Crippen molar-refractivity contribution in [2.75, 3.05) is 24.3 Å². The Kier molecular flexibility index (Phi) is 4.95. The molecule has 0 radical (unpaired) electrons. The summed E-state index contributed by atoms with van der Waals surface area (Å²) in [5.41, 5.74) is 5.22. The Morgan fingerprint density at radius 3 is 2.44 bits per heavy atom. The third-order valence-corrected chi connectivity index (χ3v) is 3.83. The minimum absolute atomic E-state index is 0.380. The monoisotopic (exact) mass is 332 g/mol. The van der Waals surface area contributed by atoms with Crippen molar-refractivity contribution < 1.29 is 4.79 Å². The molecule has 126 valence electrons. The molecule has 5 nitrogen and oxygen atoms in total. The van der Waals surface area contributed by atoms with Crippen LogP contribution in [0, 0.1) is 0 Å². The molecule has 0 saturated heterocycles. The van der Waals surface area contributed by atoms with Gasteiger partial charge in [0.25, 0.3) is 0 Å². The first-order valence-electron chi connectivity index (χ1n) is 7.99. The molecular formula is C20H20N4O. The highest BCUT2D eigenvalue weighted by atomic mass is 16.2. The van der Waals surface area contributed by atoms with E-state index in [1.54, 1.807) is 6.21 Å². The lowest BCUT2D eigenvalue weighted by Crippen LogP contribution is -2.24. The van der Waals surface area contributed by atoms with E-state index in [0.717, 1.165) is 22.0 Å². The zero-order chi connectivity index (χ0) is 17.6. The van der Waals surface area contributed by atoms with Gasteiger partial charge in [0.15, 0.2) is 0 Å². The van der Waals surface area contributed by atoms with Crippen LogP contribution < -0.4 is 15.6 Å². The summed E-state index contributed by atoms with van der Waals surface area (Å²) in [7, 11) is 3.94. The van der Waals surface area contributed by atoms with Crippen molar-refractivity contribution in [3.05, 3.63) is 72.3 Å². The fraction of sp³-hybridized carbons (Fsp3) is 0.100. The first-order valence-corrected chi connectivity index (χ1v) is 7.99. The first-order chi connectivity index (χ1) is 12.1. The highest BCUT2D eigenvalue weighted by Gasteiger charge is 2.01. The summed E-state index contributed by atoms with van der Waals surface area (Å²) in [6.45, 7) is 0. The zero-order valence-electron chi connectivity index (χ0n) is 14.2. The van der Waals surface area contributed by atoms with Gasteiger partial charge in [0.05, 0.1) is 6.21 Å². The molecule has 3 aromatic carbocycles. The number of urea groups is 1. The number of nitrogens with one attached hydrogen (secondary N) is 2. The van der Waals surface area contributed by atoms with Crippen molar-refractivity contribution >= 4 is 34.4 Å². The molecule has 3 aromatic rings. The van der Waals surface area contributed by atoms with E-state index in [1.807, 2.05) is 85.7 Å². The summed E-state index contributed by atoms with van der Waals surface area (Å²) in [4.78, 5) is 13.9. The molecule has 0 fully saturated rings. The van der Waals surface area contributed by atoms with Crippen LogP contribution in [0.2, 0.25) is 0 Å². The Hall–Kier alpha value is -3.34. The summed E-state index contributed by atoms with van der Waals surface area (Å²) < 4.78 is 0. The summed E-state index contributed by atoms with van der Waals surface area (Å²) in [6.07, 6.45) is 1.65. The number of benzene rings is 3. The molecule has 0 spiro atoms. The number of hydrogen-bond donors (Lipinski definition) is 2. The van der Waals surface area contributed by atoms with Gasteiger partial charge in [-0.3, -0.25) is 0 Å². The van der Waals surface area contributed by atoms with Gasteiger partial charge in [-0.2, -0.15) is 5.10 Å². The zero-order valence-corrected chi connectivity index (χ0v) is 14.2. The third kappa shape index (κ3) is 4.14. The highest BCUT2D eigenvalue weighted by Crippen LogP contribution is 2.17. The van der Waals surface area contributed by atoms with Crippen molar-refractivity contribution in [1.82, 2.24) is 5.43 Å². The molecule has 0 aromatic heterocycles. The lowest BCUT2D eigenvalue weighted by molar-refractivity contribution is 0.252. The van der Waals surface area contributed by atoms with Crippen molar-refractivity contribution in [2.45, 2.75) is 0 Å². The minimum Gasteiger partial charge on any atom is -0.378 e. The van der Waals surface area contributed by atoms with Gasteiger partial charge in [-0.1, -0.05) is 42.5 Å². The normalized spacial score (nSPS) is 10.8. The average molecular weight is 332 g/mol. The molecule has 0 aliphatic rings. The minimum atomic E-state index is -0.380. The molecule has 2 N–H and O–H groups in total. The molecule has 0 atom stereocenters. The van der Waals surface area contributed by atoms with Gasteiger partial charge in [-0.15, -0.1) is 0 Å². The van der Waals surface area contributed by atoms with E-state index < -0.39 is 0 Å². The van der Waals surface area contributed by atoms with Gasteiger partial charge in [0.2, 0.25) is 0 Å². The van der Waals surface area contributed by atoms with Gasteiger partial charge >= 0.3 is 6.03 Å². The number of hydrazone groups is 1. The molecule has 0 unspecified atom stereocenters. The number of rotatable bonds is 4. The van der Waals surface area contributed by atoms with Crippen LogP contribution in [0.1, 0.15) is 5.56 Å². The SMILES string of the molecule is CN(C)c1ccc(NC(=O)N/N=C/c2cccc3ccccc23)cc1. The second kappa shape index (κ2) is 7.49. The quantitative estimate of drug-likeness (QED) is 0.559. The van der Waals surface area contributed by atoms with Crippen LogP contribution in [-0.2, 0) is 0 Å². The predicted octanol–water partition coefficient (Wildman–Crippen LogP) is 4.06. The summed E-state index contributed by atoms with van der Waals surface area (Å²) in [6, 6.07) is 21.2. The maximum Gasteiger partial charge on any atom is 0.339 e. The van der Waals surface area contributed by atoms with Crippen molar-refractivity contribution in [3.8, 4) is 0 Å². The number of carbonyl (C=O) groups is 1. The van der Waals surface area contributed by atoms with E-state index in [0.29, 0.717) is 5.69 Å². The molecule has 2 amide bonds. The van der Waals surface area contributed by atoms with Crippen LogP contribution in [-0.4, -0.2) is 26.3 Å². The van der Waals surface area contributed by atoms with E-state index in [4.69, 9.17) is 0 Å². The van der Waals surface area contributed by atoms with Gasteiger partial charge in [-0.25, -0.2) is 10.2 Å². The Morgan fingerprint density at radius 2 is 1.68 bits per heavy atom. The molecule has 0 aliphatic carbocycles. The van der Waals surface area contributed by atoms with E-state index in [2.05, 4.69) is 15.8 Å². The number of fused-ring (bicyclic) bond motifs is 1. The Morgan fingerprint density at radius 1 is 0.960 bits per heavy atom. The average Bonchev–Trinajstić information content (AvgIpc) is 2.62. The molecule has 0 bridgehead atoms. The number of carbonyl (C=O) groups excluding carboxylic acids is 1. The fourth-order valence-corrected chi connectivity index (χ4v) is 2.53. The lowest BCUT2D eigenvalue weighted by Gasteiger charge is -2.12.